The highest BCUT2D eigenvalue weighted by Crippen LogP contribution is 2.17. The molecule has 0 aliphatic rings. The molecule has 17 heavy (non-hydrogen) atoms. The van der Waals surface area contributed by atoms with Crippen LogP contribution in [-0.2, 0) is 0 Å². The van der Waals surface area contributed by atoms with Crippen molar-refractivity contribution in [3.8, 4) is 0 Å². The number of aromatic nitrogens is 3. The SMILES string of the molecule is CC(CN(C)c1nccn2nccc12)C(=N)N. The summed E-state index contributed by atoms with van der Waals surface area (Å²) in [4.78, 5) is 6.33. The van der Waals surface area contributed by atoms with Gasteiger partial charge in [-0.2, -0.15) is 5.10 Å². The average molecular weight is 232 g/mol. The fraction of sp³-hybridized carbons (Fsp3) is 0.364. The number of amidine groups is 1. The third kappa shape index (κ3) is 2.20. The van der Waals surface area contributed by atoms with Gasteiger partial charge in [0.25, 0.3) is 0 Å². The second kappa shape index (κ2) is 4.40. The summed E-state index contributed by atoms with van der Waals surface area (Å²) in [5.74, 6) is 1.04. The largest absolute Gasteiger partial charge is 0.387 e. The van der Waals surface area contributed by atoms with Crippen LogP contribution in [-0.4, -0.2) is 34.0 Å². The number of anilines is 1. The molecule has 0 amide bonds. The van der Waals surface area contributed by atoms with E-state index in [0.717, 1.165) is 11.3 Å². The molecule has 0 fully saturated rings. The maximum atomic E-state index is 7.40. The van der Waals surface area contributed by atoms with Gasteiger partial charge >= 0.3 is 0 Å². The van der Waals surface area contributed by atoms with Gasteiger partial charge in [0.2, 0.25) is 0 Å². The van der Waals surface area contributed by atoms with Gasteiger partial charge in [-0.3, -0.25) is 5.41 Å². The monoisotopic (exact) mass is 232 g/mol. The lowest BCUT2D eigenvalue weighted by Gasteiger charge is -2.22. The summed E-state index contributed by atoms with van der Waals surface area (Å²) in [5, 5.41) is 11.6. The predicted octanol–water partition coefficient (Wildman–Crippen LogP) is 0.738. The number of hydrogen-bond donors (Lipinski definition) is 2. The molecule has 0 radical (unpaired) electrons. The molecule has 0 saturated heterocycles. The van der Waals surface area contributed by atoms with Crippen molar-refractivity contribution in [3.63, 3.8) is 0 Å². The molecule has 1 atom stereocenters. The quantitative estimate of drug-likeness (QED) is 0.601. The summed E-state index contributed by atoms with van der Waals surface area (Å²) in [5.41, 5.74) is 6.42. The fourth-order valence-corrected chi connectivity index (χ4v) is 1.73. The second-order valence-electron chi connectivity index (χ2n) is 4.15. The van der Waals surface area contributed by atoms with Crippen LogP contribution in [0.15, 0.2) is 24.7 Å². The summed E-state index contributed by atoms with van der Waals surface area (Å²) in [6.45, 7) is 2.59. The minimum atomic E-state index is 0.00461. The van der Waals surface area contributed by atoms with Crippen molar-refractivity contribution in [2.45, 2.75) is 6.92 Å². The van der Waals surface area contributed by atoms with Gasteiger partial charge in [0.05, 0.1) is 12.0 Å². The van der Waals surface area contributed by atoms with Crippen LogP contribution in [0.2, 0.25) is 0 Å². The van der Waals surface area contributed by atoms with Crippen LogP contribution < -0.4 is 10.6 Å². The highest BCUT2D eigenvalue weighted by Gasteiger charge is 2.13. The Morgan fingerprint density at radius 3 is 3.06 bits per heavy atom. The van der Waals surface area contributed by atoms with E-state index in [9.17, 15) is 0 Å². The molecule has 2 rings (SSSR count). The van der Waals surface area contributed by atoms with Crippen molar-refractivity contribution >= 4 is 17.2 Å². The van der Waals surface area contributed by atoms with E-state index in [1.165, 1.54) is 0 Å². The van der Waals surface area contributed by atoms with Gasteiger partial charge in [0.15, 0.2) is 5.82 Å². The molecule has 0 aliphatic carbocycles. The van der Waals surface area contributed by atoms with Gasteiger partial charge in [0, 0.05) is 31.9 Å². The first-order valence-corrected chi connectivity index (χ1v) is 5.43. The van der Waals surface area contributed by atoms with E-state index < -0.39 is 0 Å². The van der Waals surface area contributed by atoms with Crippen LogP contribution in [0.25, 0.3) is 5.52 Å². The molecule has 0 saturated carbocycles. The Morgan fingerprint density at radius 2 is 2.35 bits per heavy atom. The highest BCUT2D eigenvalue weighted by atomic mass is 15.3. The molecule has 0 aromatic carbocycles. The molecule has 6 heteroatoms. The van der Waals surface area contributed by atoms with E-state index in [1.807, 2.05) is 24.9 Å². The van der Waals surface area contributed by atoms with Crippen LogP contribution in [0.1, 0.15) is 6.92 Å². The van der Waals surface area contributed by atoms with Crippen molar-refractivity contribution in [3.05, 3.63) is 24.7 Å². The first kappa shape index (κ1) is 11.4. The molecule has 6 nitrogen and oxygen atoms in total. The zero-order valence-corrected chi connectivity index (χ0v) is 9.96. The normalized spacial score (nSPS) is 12.6. The standard InChI is InChI=1S/C11H16N6/c1-8(10(12)13)7-16(2)11-9-3-4-15-17(9)6-5-14-11/h3-6,8H,7H2,1-2H3,(H3,12,13). The van der Waals surface area contributed by atoms with Crippen molar-refractivity contribution in [1.29, 1.82) is 5.41 Å². The van der Waals surface area contributed by atoms with Gasteiger partial charge < -0.3 is 10.6 Å². The lowest BCUT2D eigenvalue weighted by Crippen LogP contribution is -2.32. The molecule has 2 heterocycles. The average Bonchev–Trinajstić information content (AvgIpc) is 2.76. The zero-order valence-electron chi connectivity index (χ0n) is 9.96. The topological polar surface area (TPSA) is 83.3 Å². The number of nitrogens with zero attached hydrogens (tertiary/aromatic N) is 4. The maximum absolute atomic E-state index is 7.40. The minimum absolute atomic E-state index is 0.00461. The second-order valence-corrected chi connectivity index (χ2v) is 4.15. The van der Waals surface area contributed by atoms with Crippen LogP contribution in [0.3, 0.4) is 0 Å². The Hall–Kier alpha value is -2.11. The number of nitrogens with one attached hydrogen (secondary N) is 1. The summed E-state index contributed by atoms with van der Waals surface area (Å²) in [6, 6.07) is 1.91. The van der Waals surface area contributed by atoms with Gasteiger partial charge in [-0.05, 0) is 6.07 Å². The molecule has 0 aliphatic heterocycles. The van der Waals surface area contributed by atoms with Gasteiger partial charge in [0.1, 0.15) is 5.52 Å². The molecular weight excluding hydrogens is 216 g/mol. The number of rotatable bonds is 4. The maximum Gasteiger partial charge on any atom is 0.154 e. The Bertz CT molecular complexity index is 531. The van der Waals surface area contributed by atoms with Crippen molar-refractivity contribution < 1.29 is 0 Å². The molecule has 0 spiro atoms. The Morgan fingerprint density at radius 1 is 1.59 bits per heavy atom. The molecule has 3 N–H and O–H groups in total. The van der Waals surface area contributed by atoms with Crippen LogP contribution in [0.5, 0.6) is 0 Å². The predicted molar refractivity (Wildman–Crippen MR) is 67.3 cm³/mol. The number of fused-ring (bicyclic) bond motifs is 1. The highest BCUT2D eigenvalue weighted by molar-refractivity contribution is 5.80. The molecular formula is C11H16N6. The zero-order chi connectivity index (χ0) is 12.4. The van der Waals surface area contributed by atoms with Crippen LogP contribution in [0.4, 0.5) is 5.82 Å². The third-order valence-electron chi connectivity index (χ3n) is 2.74. The van der Waals surface area contributed by atoms with E-state index in [0.29, 0.717) is 6.54 Å². The van der Waals surface area contributed by atoms with E-state index in [1.54, 1.807) is 23.1 Å². The third-order valence-corrected chi connectivity index (χ3v) is 2.74. The lowest BCUT2D eigenvalue weighted by atomic mass is 10.1. The smallest absolute Gasteiger partial charge is 0.154 e. The molecule has 2 aromatic heterocycles. The van der Waals surface area contributed by atoms with E-state index in [4.69, 9.17) is 11.1 Å². The van der Waals surface area contributed by atoms with Crippen LogP contribution >= 0.6 is 0 Å². The number of hydrogen-bond acceptors (Lipinski definition) is 4. The summed E-state index contributed by atoms with van der Waals surface area (Å²) >= 11 is 0. The first-order valence-electron chi connectivity index (χ1n) is 5.43. The van der Waals surface area contributed by atoms with Crippen molar-refractivity contribution in [2.75, 3.05) is 18.5 Å². The first-order chi connectivity index (χ1) is 8.09. The Balaban J connectivity index is 2.27. The summed E-state index contributed by atoms with van der Waals surface area (Å²) in [7, 11) is 1.94. The molecule has 0 bridgehead atoms. The lowest BCUT2D eigenvalue weighted by molar-refractivity contribution is 0.722. The Labute approximate surface area is 99.6 Å². The fourth-order valence-electron chi connectivity index (χ4n) is 1.73. The molecule has 1 unspecified atom stereocenters. The van der Waals surface area contributed by atoms with Gasteiger partial charge in [-0.1, -0.05) is 6.92 Å². The van der Waals surface area contributed by atoms with E-state index in [-0.39, 0.29) is 11.8 Å². The van der Waals surface area contributed by atoms with Gasteiger partial charge in [-0.25, -0.2) is 9.50 Å². The van der Waals surface area contributed by atoms with Crippen LogP contribution in [0, 0.1) is 11.3 Å². The minimum Gasteiger partial charge on any atom is -0.387 e. The summed E-state index contributed by atoms with van der Waals surface area (Å²) in [6.07, 6.45) is 5.26. The van der Waals surface area contributed by atoms with Gasteiger partial charge in [-0.15, -0.1) is 0 Å². The van der Waals surface area contributed by atoms with Crippen molar-refractivity contribution in [2.24, 2.45) is 11.7 Å². The molecule has 90 valence electrons. The summed E-state index contributed by atoms with van der Waals surface area (Å²) < 4.78 is 1.78. The molecule has 2 aromatic rings. The van der Waals surface area contributed by atoms with E-state index >= 15 is 0 Å². The van der Waals surface area contributed by atoms with E-state index in [2.05, 4.69) is 10.1 Å². The number of nitrogens with two attached hydrogens (primary N) is 1. The van der Waals surface area contributed by atoms with Crippen molar-refractivity contribution in [1.82, 2.24) is 14.6 Å². The Kier molecular flexibility index (Phi) is 2.95.